The van der Waals surface area contributed by atoms with E-state index < -0.39 is 54.5 Å². The smallest absolute Gasteiger partial charge is 0.305 e. The lowest BCUT2D eigenvalue weighted by Crippen LogP contribution is -2.56. The van der Waals surface area contributed by atoms with Crippen molar-refractivity contribution in [1.29, 1.82) is 0 Å². The molecule has 0 heterocycles. The topological polar surface area (TPSA) is 188 Å². The molecule has 0 spiro atoms. The monoisotopic (exact) mass is 550 g/mol. The summed E-state index contributed by atoms with van der Waals surface area (Å²) in [6.07, 6.45) is -1.61. The second-order valence-corrected chi connectivity index (χ2v) is 12.1. The number of nitrogens with one attached hydrogen (secondary N) is 3. The quantitative estimate of drug-likeness (QED) is 0.102. The Morgan fingerprint density at radius 1 is 0.778 bits per heavy atom. The predicted molar refractivity (Wildman–Crippen MR) is 142 cm³/mol. The van der Waals surface area contributed by atoms with Crippen LogP contribution in [0.2, 0.25) is 0 Å². The zero-order valence-corrected chi connectivity index (χ0v) is 23.7. The molecule has 0 aromatic rings. The summed E-state index contributed by atoms with van der Waals surface area (Å²) in [5.74, 6) is -3.12. The summed E-state index contributed by atoms with van der Waals surface area (Å²) < 4.78 is 0. The van der Waals surface area contributed by atoms with E-state index in [2.05, 4.69) is 16.0 Å². The summed E-state index contributed by atoms with van der Waals surface area (Å²) in [4.78, 5) is 61.0. The highest BCUT2D eigenvalue weighted by Gasteiger charge is 2.31. The maximum atomic E-state index is 12.9. The van der Waals surface area contributed by atoms with E-state index in [4.69, 9.17) is 10.8 Å². The Hall–Kier alpha value is -1.67. The number of hydrogen-bond acceptors (Lipinski definition) is 10. The van der Waals surface area contributed by atoms with Crippen molar-refractivity contribution in [2.45, 2.75) is 91.2 Å². The van der Waals surface area contributed by atoms with Gasteiger partial charge in [0.1, 0.15) is 6.04 Å². The van der Waals surface area contributed by atoms with Crippen LogP contribution in [0.5, 0.6) is 0 Å². The van der Waals surface area contributed by atoms with E-state index in [1.807, 2.05) is 13.8 Å². The molecule has 0 bridgehead atoms. The number of rotatable bonds is 18. The van der Waals surface area contributed by atoms with Crippen molar-refractivity contribution in [3.8, 4) is 0 Å². The number of amides is 2. The van der Waals surface area contributed by atoms with Crippen molar-refractivity contribution in [2.75, 3.05) is 11.5 Å². The molecule has 0 aliphatic heterocycles. The molecule has 1 unspecified atom stereocenters. The van der Waals surface area contributed by atoms with Gasteiger partial charge in [0.05, 0.1) is 30.7 Å². The number of carbonyl (C=O) groups excluding carboxylic acids is 4. The van der Waals surface area contributed by atoms with E-state index in [9.17, 15) is 29.1 Å². The second kappa shape index (κ2) is 17.0. The zero-order valence-electron chi connectivity index (χ0n) is 22.1. The van der Waals surface area contributed by atoms with Crippen LogP contribution in [0, 0.1) is 11.8 Å². The molecule has 0 aromatic heterocycles. The molecule has 11 nitrogen and oxygen atoms in total. The molecule has 0 radical (unpaired) electrons. The van der Waals surface area contributed by atoms with E-state index in [1.54, 1.807) is 27.7 Å². The minimum atomic E-state index is -1.28. The Balaban J connectivity index is 5.20. The van der Waals surface area contributed by atoms with Gasteiger partial charge in [0.15, 0.2) is 11.6 Å². The third-order valence-corrected chi connectivity index (χ3v) is 7.44. The van der Waals surface area contributed by atoms with Crippen LogP contribution < -0.4 is 21.7 Å². The Kier molecular flexibility index (Phi) is 16.2. The van der Waals surface area contributed by atoms with Crippen LogP contribution in [0.25, 0.3) is 0 Å². The highest BCUT2D eigenvalue weighted by atomic mass is 33.1. The first kappa shape index (κ1) is 34.3. The fourth-order valence-corrected chi connectivity index (χ4v) is 5.39. The molecular weight excluding hydrogens is 508 g/mol. The largest absolute Gasteiger partial charge is 0.481 e. The first-order chi connectivity index (χ1) is 16.6. The van der Waals surface area contributed by atoms with Crippen molar-refractivity contribution < 1.29 is 34.2 Å². The molecule has 0 aliphatic rings. The number of aliphatic hydroxyl groups excluding tert-OH is 1. The molecule has 2 amide bonds. The first-order valence-corrected chi connectivity index (χ1v) is 14.4. The maximum Gasteiger partial charge on any atom is 0.305 e. The van der Waals surface area contributed by atoms with E-state index in [1.165, 1.54) is 28.5 Å². The van der Waals surface area contributed by atoms with Crippen molar-refractivity contribution in [3.05, 3.63) is 0 Å². The molecule has 0 saturated heterocycles. The Morgan fingerprint density at radius 2 is 1.28 bits per heavy atom. The summed E-state index contributed by atoms with van der Waals surface area (Å²) >= 11 is 0. The number of ketones is 2. The van der Waals surface area contributed by atoms with E-state index >= 15 is 0 Å². The zero-order chi connectivity index (χ0) is 28.2. The van der Waals surface area contributed by atoms with Crippen LogP contribution in [0.15, 0.2) is 0 Å². The predicted octanol–water partition coefficient (Wildman–Crippen LogP) is 0.337. The van der Waals surface area contributed by atoms with Crippen LogP contribution in [-0.2, 0) is 24.0 Å². The molecular formula is C23H42N4O7S2. The van der Waals surface area contributed by atoms with E-state index in [-0.39, 0.29) is 40.9 Å². The average molecular weight is 551 g/mol. The molecule has 36 heavy (non-hydrogen) atoms. The third-order valence-electron chi connectivity index (χ3n) is 5.02. The Labute approximate surface area is 221 Å². The van der Waals surface area contributed by atoms with Crippen LogP contribution in [0.1, 0.15) is 54.9 Å². The van der Waals surface area contributed by atoms with Crippen molar-refractivity contribution in [1.82, 2.24) is 16.0 Å². The molecule has 0 aromatic carbocycles. The maximum absolute atomic E-state index is 12.9. The summed E-state index contributed by atoms with van der Waals surface area (Å²) in [6, 6.07) is -3.89. The lowest BCUT2D eigenvalue weighted by atomic mass is 9.98. The molecule has 7 N–H and O–H groups in total. The number of Topliss-reactive ketones (excluding diaryl/α,β-unsaturated/α-hetero) is 2. The number of carboxylic acid groups (broad SMARTS) is 1. The van der Waals surface area contributed by atoms with Gasteiger partial charge < -0.3 is 31.9 Å². The first-order valence-electron chi connectivity index (χ1n) is 11.9. The molecule has 13 heteroatoms. The van der Waals surface area contributed by atoms with Gasteiger partial charge in [-0.3, -0.25) is 24.0 Å². The Morgan fingerprint density at radius 3 is 1.69 bits per heavy atom. The summed E-state index contributed by atoms with van der Waals surface area (Å²) in [6.45, 7) is 12.0. The van der Waals surface area contributed by atoms with Crippen molar-refractivity contribution >= 4 is 50.9 Å². The summed E-state index contributed by atoms with van der Waals surface area (Å²) in [5, 5.41) is 27.2. The highest BCUT2D eigenvalue weighted by Crippen LogP contribution is 2.24. The SMILES string of the molecule is CC(C)N[C@@H](CSSC[C@H](NC(=O)[C@@H](N)CC(=O)O)C(=O)C(C)C)C(=O)NC(C(=O)C(C)C)[C@@H](C)O. The number of aliphatic carboxylic acids is 1. The number of nitrogens with two attached hydrogens (primary N) is 1. The van der Waals surface area contributed by atoms with Crippen LogP contribution in [0.4, 0.5) is 0 Å². The van der Waals surface area contributed by atoms with Crippen molar-refractivity contribution in [2.24, 2.45) is 17.6 Å². The summed E-state index contributed by atoms with van der Waals surface area (Å²) in [7, 11) is 2.57. The minimum absolute atomic E-state index is 0.0394. The third kappa shape index (κ3) is 13.0. The normalized spacial score (nSPS) is 15.8. The van der Waals surface area contributed by atoms with Gasteiger partial charge in [-0.1, -0.05) is 63.1 Å². The average Bonchev–Trinajstić information content (AvgIpc) is 2.75. The number of aliphatic hydroxyl groups is 1. The number of carboxylic acids is 1. The molecule has 0 aliphatic carbocycles. The van der Waals surface area contributed by atoms with Gasteiger partial charge in [0, 0.05) is 29.4 Å². The molecule has 0 saturated carbocycles. The van der Waals surface area contributed by atoms with Crippen LogP contribution >= 0.6 is 21.6 Å². The van der Waals surface area contributed by atoms with Gasteiger partial charge >= 0.3 is 5.97 Å². The van der Waals surface area contributed by atoms with E-state index in [0.29, 0.717) is 0 Å². The van der Waals surface area contributed by atoms with Gasteiger partial charge in [0.2, 0.25) is 11.8 Å². The van der Waals surface area contributed by atoms with Gasteiger partial charge in [-0.05, 0) is 6.92 Å². The van der Waals surface area contributed by atoms with Crippen LogP contribution in [-0.4, -0.2) is 87.4 Å². The standard InChI is InChI=1S/C23H42N4O7S2/c1-11(2)20(31)16(26-22(33)15(24)8-18(29)30)9-35-36-10-17(25-13(5)6)23(34)27-19(14(7)28)21(32)12(3)4/h11-17,19,25,28H,8-10,24H2,1-7H3,(H,26,33)(H,27,34)(H,29,30)/t14-,15+,16+,17+,19?/m1/s1. The fourth-order valence-electron chi connectivity index (χ4n) is 3.03. The lowest BCUT2D eigenvalue weighted by molar-refractivity contribution is -0.139. The molecule has 0 fully saturated rings. The number of carbonyl (C=O) groups is 5. The molecule has 5 atom stereocenters. The van der Waals surface area contributed by atoms with E-state index in [0.717, 1.165) is 0 Å². The highest BCUT2D eigenvalue weighted by molar-refractivity contribution is 8.76. The summed E-state index contributed by atoms with van der Waals surface area (Å²) in [5.41, 5.74) is 5.61. The van der Waals surface area contributed by atoms with Crippen molar-refractivity contribution in [3.63, 3.8) is 0 Å². The lowest BCUT2D eigenvalue weighted by Gasteiger charge is -2.26. The van der Waals surface area contributed by atoms with Gasteiger partial charge in [-0.2, -0.15) is 0 Å². The van der Waals surface area contributed by atoms with Gasteiger partial charge in [0.25, 0.3) is 0 Å². The molecule has 208 valence electrons. The van der Waals surface area contributed by atoms with Gasteiger partial charge in [-0.25, -0.2) is 0 Å². The second-order valence-electron chi connectivity index (χ2n) is 9.55. The van der Waals surface area contributed by atoms with Gasteiger partial charge in [-0.15, -0.1) is 0 Å². The number of hydrogen-bond donors (Lipinski definition) is 6. The minimum Gasteiger partial charge on any atom is -0.481 e. The van der Waals surface area contributed by atoms with Crippen LogP contribution in [0.3, 0.4) is 0 Å². The fraction of sp³-hybridized carbons (Fsp3) is 0.783. The Bertz CT molecular complexity index is 763. The molecule has 0 rings (SSSR count).